The summed E-state index contributed by atoms with van der Waals surface area (Å²) in [5.41, 5.74) is 1.44. The largest absolute Gasteiger partial charge is 0.299 e. The molecule has 1 heterocycles. The van der Waals surface area contributed by atoms with Crippen LogP contribution < -0.4 is 5.56 Å². The van der Waals surface area contributed by atoms with E-state index in [-0.39, 0.29) is 23.5 Å². The first-order chi connectivity index (χ1) is 9.56. The van der Waals surface area contributed by atoms with Crippen molar-refractivity contribution >= 4 is 22.5 Å². The molecule has 2 aromatic rings. The predicted octanol–water partition coefficient (Wildman–Crippen LogP) is 1.57. The van der Waals surface area contributed by atoms with Crippen LogP contribution in [0.25, 0.3) is 10.9 Å². The summed E-state index contributed by atoms with van der Waals surface area (Å²) in [6.07, 6.45) is 2.07. The van der Waals surface area contributed by atoms with Crippen molar-refractivity contribution in [3.8, 4) is 0 Å². The van der Waals surface area contributed by atoms with Gasteiger partial charge in [-0.1, -0.05) is 6.07 Å². The molecule has 1 aromatic heterocycles. The highest BCUT2D eigenvalue weighted by molar-refractivity contribution is 6.03. The number of fused-ring (bicyclic) bond motifs is 1. The molecule has 20 heavy (non-hydrogen) atoms. The van der Waals surface area contributed by atoms with Gasteiger partial charge < -0.3 is 0 Å². The first-order valence-corrected chi connectivity index (χ1v) is 6.58. The summed E-state index contributed by atoms with van der Waals surface area (Å²) < 4.78 is 1.37. The lowest BCUT2D eigenvalue weighted by atomic mass is 9.93. The van der Waals surface area contributed by atoms with Crippen LogP contribution in [0.3, 0.4) is 0 Å². The number of benzene rings is 1. The van der Waals surface area contributed by atoms with Crippen LogP contribution in [0.1, 0.15) is 30.9 Å². The number of rotatable bonds is 1. The number of aryl methyl sites for hydroxylation is 1. The van der Waals surface area contributed by atoms with Crippen LogP contribution in [0.5, 0.6) is 0 Å². The van der Waals surface area contributed by atoms with Crippen LogP contribution in [-0.4, -0.2) is 21.1 Å². The smallest absolute Gasteiger partial charge is 0.261 e. The van der Waals surface area contributed by atoms with Crippen LogP contribution in [0.15, 0.2) is 29.3 Å². The minimum atomic E-state index is -0.557. The van der Waals surface area contributed by atoms with Gasteiger partial charge >= 0.3 is 0 Å². The molecule has 1 aromatic carbocycles. The summed E-state index contributed by atoms with van der Waals surface area (Å²) in [5, 5.41) is 0.503. The number of hydrogen-bond donors (Lipinski definition) is 0. The van der Waals surface area contributed by atoms with E-state index in [2.05, 4.69) is 4.98 Å². The monoisotopic (exact) mass is 270 g/mol. The van der Waals surface area contributed by atoms with Crippen LogP contribution in [-0.2, 0) is 9.59 Å². The van der Waals surface area contributed by atoms with Crippen molar-refractivity contribution in [1.29, 1.82) is 0 Å². The average molecular weight is 270 g/mol. The lowest BCUT2D eigenvalue weighted by Crippen LogP contribution is -2.34. The molecule has 102 valence electrons. The summed E-state index contributed by atoms with van der Waals surface area (Å²) in [5.74, 6) is -0.250. The number of Topliss-reactive ketones (excluding diaryl/α,β-unsaturated/α-hetero) is 2. The molecule has 1 aliphatic rings. The zero-order chi connectivity index (χ0) is 14.3. The number of carbonyl (C=O) groups excluding carboxylic acids is 2. The summed E-state index contributed by atoms with van der Waals surface area (Å²) in [6, 6.07) is 4.86. The number of nitrogens with zero attached hydrogens (tertiary/aromatic N) is 2. The highest BCUT2D eigenvalue weighted by Crippen LogP contribution is 2.22. The molecule has 0 N–H and O–H groups in total. The van der Waals surface area contributed by atoms with E-state index >= 15 is 0 Å². The molecule has 1 atom stereocenters. The molecule has 0 spiro atoms. The topological polar surface area (TPSA) is 69.0 Å². The minimum absolute atomic E-state index is 0.0522. The molecule has 0 amide bonds. The van der Waals surface area contributed by atoms with Gasteiger partial charge in [-0.25, -0.2) is 4.98 Å². The molecule has 5 nitrogen and oxygen atoms in total. The number of hydrogen-bond acceptors (Lipinski definition) is 4. The van der Waals surface area contributed by atoms with E-state index in [9.17, 15) is 14.4 Å². The quantitative estimate of drug-likeness (QED) is 0.737. The Morgan fingerprint density at radius 2 is 2.05 bits per heavy atom. The second kappa shape index (κ2) is 4.67. The first-order valence-electron chi connectivity index (χ1n) is 6.58. The third-order valence-corrected chi connectivity index (χ3v) is 3.71. The average Bonchev–Trinajstić information content (AvgIpc) is 2.40. The van der Waals surface area contributed by atoms with E-state index < -0.39 is 6.04 Å². The fourth-order valence-electron chi connectivity index (χ4n) is 2.62. The molecular weight excluding hydrogens is 256 g/mol. The zero-order valence-corrected chi connectivity index (χ0v) is 11.1. The van der Waals surface area contributed by atoms with Gasteiger partial charge in [-0.3, -0.25) is 19.0 Å². The minimum Gasteiger partial charge on any atom is -0.299 e. The maximum Gasteiger partial charge on any atom is 0.261 e. The van der Waals surface area contributed by atoms with Gasteiger partial charge in [0.15, 0.2) is 5.78 Å². The van der Waals surface area contributed by atoms with Crippen LogP contribution in [0.4, 0.5) is 0 Å². The van der Waals surface area contributed by atoms with Crippen molar-refractivity contribution in [1.82, 2.24) is 9.55 Å². The van der Waals surface area contributed by atoms with Crippen molar-refractivity contribution in [2.45, 2.75) is 32.2 Å². The van der Waals surface area contributed by atoms with Crippen LogP contribution in [0, 0.1) is 6.92 Å². The van der Waals surface area contributed by atoms with Crippen molar-refractivity contribution in [2.24, 2.45) is 0 Å². The zero-order valence-electron chi connectivity index (χ0n) is 11.1. The van der Waals surface area contributed by atoms with E-state index in [4.69, 9.17) is 0 Å². The standard InChI is InChI=1S/C15H14N2O3/c1-9-2-4-11-12(6-9)16-8-17(15(11)20)13-5-3-10(18)7-14(13)19/h2,4,6,8,13H,3,5,7H2,1H3. The number of ketones is 2. The Kier molecular flexibility index (Phi) is 2.97. The van der Waals surface area contributed by atoms with Crippen LogP contribution >= 0.6 is 0 Å². The van der Waals surface area contributed by atoms with Crippen molar-refractivity contribution < 1.29 is 9.59 Å². The normalized spacial score (nSPS) is 19.6. The SMILES string of the molecule is Cc1ccc2c(=O)n(C3CCC(=O)CC3=O)cnc2c1. The Hall–Kier alpha value is -2.30. The molecular formula is C15H14N2O3. The molecule has 0 saturated heterocycles. The molecule has 1 saturated carbocycles. The van der Waals surface area contributed by atoms with E-state index in [1.54, 1.807) is 6.07 Å². The Morgan fingerprint density at radius 1 is 1.25 bits per heavy atom. The predicted molar refractivity (Wildman–Crippen MR) is 73.6 cm³/mol. The van der Waals surface area contributed by atoms with Gasteiger partial charge in [0.05, 0.1) is 29.7 Å². The van der Waals surface area contributed by atoms with Crippen molar-refractivity contribution in [3.05, 3.63) is 40.4 Å². The second-order valence-electron chi connectivity index (χ2n) is 5.21. The summed E-state index contributed by atoms with van der Waals surface area (Å²) in [4.78, 5) is 39.9. The third-order valence-electron chi connectivity index (χ3n) is 3.71. The van der Waals surface area contributed by atoms with E-state index in [0.717, 1.165) is 5.56 Å². The van der Waals surface area contributed by atoms with Gasteiger partial charge in [-0.2, -0.15) is 0 Å². The number of carbonyl (C=O) groups is 2. The summed E-state index contributed by atoms with van der Waals surface area (Å²) >= 11 is 0. The summed E-state index contributed by atoms with van der Waals surface area (Å²) in [7, 11) is 0. The fraction of sp³-hybridized carbons (Fsp3) is 0.333. The maximum absolute atomic E-state index is 12.5. The Labute approximate surface area is 115 Å². The second-order valence-corrected chi connectivity index (χ2v) is 5.21. The lowest BCUT2D eigenvalue weighted by molar-refractivity contribution is -0.132. The molecule has 0 aliphatic heterocycles. The molecule has 1 aliphatic carbocycles. The lowest BCUT2D eigenvalue weighted by Gasteiger charge is -2.21. The van der Waals surface area contributed by atoms with Gasteiger partial charge in [0, 0.05) is 6.42 Å². The Bertz CT molecular complexity index is 776. The molecule has 5 heteroatoms. The molecule has 3 rings (SSSR count). The molecule has 1 unspecified atom stereocenters. The number of aromatic nitrogens is 2. The highest BCUT2D eigenvalue weighted by atomic mass is 16.2. The maximum atomic E-state index is 12.5. The van der Waals surface area contributed by atoms with Gasteiger partial charge in [0.2, 0.25) is 0 Å². The van der Waals surface area contributed by atoms with Crippen molar-refractivity contribution in [3.63, 3.8) is 0 Å². The van der Waals surface area contributed by atoms with Gasteiger partial charge in [0.25, 0.3) is 5.56 Å². The summed E-state index contributed by atoms with van der Waals surface area (Å²) in [6.45, 7) is 1.93. The Morgan fingerprint density at radius 3 is 2.80 bits per heavy atom. The highest BCUT2D eigenvalue weighted by Gasteiger charge is 2.29. The van der Waals surface area contributed by atoms with Gasteiger partial charge in [0.1, 0.15) is 5.78 Å². The molecule has 0 bridgehead atoms. The van der Waals surface area contributed by atoms with Crippen molar-refractivity contribution in [2.75, 3.05) is 0 Å². The first kappa shape index (κ1) is 12.7. The molecule has 1 fully saturated rings. The van der Waals surface area contributed by atoms with Gasteiger partial charge in [-0.05, 0) is 31.0 Å². The van der Waals surface area contributed by atoms with E-state index in [1.165, 1.54) is 10.9 Å². The molecule has 0 radical (unpaired) electrons. The van der Waals surface area contributed by atoms with Crippen LogP contribution in [0.2, 0.25) is 0 Å². The van der Waals surface area contributed by atoms with E-state index in [1.807, 2.05) is 19.1 Å². The fourth-order valence-corrected chi connectivity index (χ4v) is 2.62. The van der Waals surface area contributed by atoms with Gasteiger partial charge in [-0.15, -0.1) is 0 Å². The third kappa shape index (κ3) is 2.05. The van der Waals surface area contributed by atoms with E-state index in [0.29, 0.717) is 23.7 Å². The Balaban J connectivity index is 2.11.